The summed E-state index contributed by atoms with van der Waals surface area (Å²) in [6.45, 7) is 10.1. The predicted octanol–water partition coefficient (Wildman–Crippen LogP) is 3.41. The lowest BCUT2D eigenvalue weighted by molar-refractivity contribution is -0.129. The zero-order chi connectivity index (χ0) is 14.8. The first-order valence-electron chi connectivity index (χ1n) is 7.49. The highest BCUT2D eigenvalue weighted by Gasteiger charge is 2.21. The fourth-order valence-corrected chi connectivity index (χ4v) is 2.65. The van der Waals surface area contributed by atoms with E-state index in [9.17, 15) is 4.79 Å². The minimum Gasteiger partial charge on any atom is -0.382 e. The van der Waals surface area contributed by atoms with Gasteiger partial charge >= 0.3 is 0 Å². The Kier molecular flexibility index (Phi) is 4.36. The van der Waals surface area contributed by atoms with Gasteiger partial charge in [0.05, 0.1) is 0 Å². The van der Waals surface area contributed by atoms with Gasteiger partial charge in [-0.05, 0) is 36.0 Å². The van der Waals surface area contributed by atoms with E-state index in [0.29, 0.717) is 6.04 Å². The zero-order valence-corrected chi connectivity index (χ0v) is 13.1. The van der Waals surface area contributed by atoms with E-state index in [1.54, 1.807) is 6.92 Å². The monoisotopic (exact) mass is 274 g/mol. The molecule has 0 radical (unpaired) electrons. The van der Waals surface area contributed by atoms with Crippen LogP contribution in [0.2, 0.25) is 0 Å². The summed E-state index contributed by atoms with van der Waals surface area (Å²) in [5.41, 5.74) is 2.72. The van der Waals surface area contributed by atoms with Gasteiger partial charge in [-0.3, -0.25) is 4.79 Å². The van der Waals surface area contributed by atoms with Crippen LogP contribution in [0.25, 0.3) is 0 Å². The van der Waals surface area contributed by atoms with Crippen LogP contribution < -0.4 is 5.32 Å². The average molecular weight is 274 g/mol. The van der Waals surface area contributed by atoms with Crippen LogP contribution in [0.5, 0.6) is 0 Å². The maximum absolute atomic E-state index is 11.3. The molecule has 20 heavy (non-hydrogen) atoms. The number of likely N-dealkylation sites (tertiary alicyclic amines) is 1. The summed E-state index contributed by atoms with van der Waals surface area (Å²) in [4.78, 5) is 13.3. The Morgan fingerprint density at radius 1 is 1.25 bits per heavy atom. The summed E-state index contributed by atoms with van der Waals surface area (Å²) in [7, 11) is 0. The molecule has 3 nitrogen and oxygen atoms in total. The first-order chi connectivity index (χ1) is 9.36. The minimum atomic E-state index is 0.176. The summed E-state index contributed by atoms with van der Waals surface area (Å²) in [6.07, 6.45) is 2.05. The molecule has 1 saturated heterocycles. The van der Waals surface area contributed by atoms with E-state index in [4.69, 9.17) is 0 Å². The lowest BCUT2D eigenvalue weighted by atomic mass is 9.87. The third-order valence-corrected chi connectivity index (χ3v) is 4.04. The second-order valence-electron chi connectivity index (χ2n) is 6.76. The minimum absolute atomic E-state index is 0.176. The zero-order valence-electron chi connectivity index (χ0n) is 13.1. The summed E-state index contributed by atoms with van der Waals surface area (Å²) >= 11 is 0. The topological polar surface area (TPSA) is 32.3 Å². The standard InChI is InChI=1S/C17H26N2O/c1-13(20)19-10-8-15(9-11-19)18-16-7-5-6-14(12-16)17(2,3)4/h5-7,12,15,18H,8-11H2,1-4H3. The van der Waals surface area contributed by atoms with Crippen LogP contribution in [-0.2, 0) is 10.2 Å². The van der Waals surface area contributed by atoms with E-state index in [-0.39, 0.29) is 11.3 Å². The fourth-order valence-electron chi connectivity index (χ4n) is 2.65. The first kappa shape index (κ1) is 14.9. The van der Waals surface area contributed by atoms with Gasteiger partial charge in [-0.15, -0.1) is 0 Å². The van der Waals surface area contributed by atoms with E-state index in [2.05, 4.69) is 50.4 Å². The Labute approximate surface area is 122 Å². The van der Waals surface area contributed by atoms with Crippen LogP contribution >= 0.6 is 0 Å². The highest BCUT2D eigenvalue weighted by atomic mass is 16.2. The molecule has 1 aliphatic heterocycles. The van der Waals surface area contributed by atoms with Crippen molar-refractivity contribution in [3.8, 4) is 0 Å². The van der Waals surface area contributed by atoms with E-state index < -0.39 is 0 Å². The third kappa shape index (κ3) is 3.75. The number of anilines is 1. The quantitative estimate of drug-likeness (QED) is 0.896. The number of piperidine rings is 1. The number of hydrogen-bond donors (Lipinski definition) is 1. The molecule has 0 spiro atoms. The van der Waals surface area contributed by atoms with Crippen molar-refractivity contribution in [3.05, 3.63) is 29.8 Å². The van der Waals surface area contributed by atoms with Crippen molar-refractivity contribution in [2.75, 3.05) is 18.4 Å². The van der Waals surface area contributed by atoms with Gasteiger partial charge in [0.1, 0.15) is 0 Å². The molecule has 0 unspecified atom stereocenters. The molecule has 0 bridgehead atoms. The van der Waals surface area contributed by atoms with Gasteiger partial charge in [0.15, 0.2) is 0 Å². The molecule has 1 amide bonds. The molecule has 0 aliphatic carbocycles. The smallest absolute Gasteiger partial charge is 0.219 e. The Morgan fingerprint density at radius 2 is 1.90 bits per heavy atom. The maximum atomic E-state index is 11.3. The number of carbonyl (C=O) groups excluding carboxylic acids is 1. The van der Waals surface area contributed by atoms with Crippen molar-refractivity contribution in [2.24, 2.45) is 0 Å². The van der Waals surface area contributed by atoms with Gasteiger partial charge in [0.2, 0.25) is 5.91 Å². The number of benzene rings is 1. The Hall–Kier alpha value is -1.51. The summed E-state index contributed by atoms with van der Waals surface area (Å²) in [5, 5.41) is 3.61. The maximum Gasteiger partial charge on any atom is 0.219 e. The molecule has 0 aromatic heterocycles. The van der Waals surface area contributed by atoms with Crippen molar-refractivity contribution in [1.29, 1.82) is 0 Å². The summed E-state index contributed by atoms with van der Waals surface area (Å²) < 4.78 is 0. The molecule has 0 saturated carbocycles. The third-order valence-electron chi connectivity index (χ3n) is 4.04. The van der Waals surface area contributed by atoms with Crippen LogP contribution in [0.4, 0.5) is 5.69 Å². The van der Waals surface area contributed by atoms with Gasteiger partial charge in [-0.2, -0.15) is 0 Å². The summed E-state index contributed by atoms with van der Waals surface area (Å²) in [6, 6.07) is 9.15. The van der Waals surface area contributed by atoms with Crippen LogP contribution in [0.1, 0.15) is 46.1 Å². The molecule has 0 atom stereocenters. The van der Waals surface area contributed by atoms with Crippen LogP contribution in [0.15, 0.2) is 24.3 Å². The van der Waals surface area contributed by atoms with Crippen molar-refractivity contribution in [2.45, 2.75) is 52.0 Å². The molecule has 3 heteroatoms. The van der Waals surface area contributed by atoms with Crippen LogP contribution in [-0.4, -0.2) is 29.9 Å². The number of nitrogens with one attached hydrogen (secondary N) is 1. The lowest BCUT2D eigenvalue weighted by Crippen LogP contribution is -2.41. The molecule has 1 aromatic rings. The van der Waals surface area contributed by atoms with Gasteiger partial charge in [0, 0.05) is 31.7 Å². The van der Waals surface area contributed by atoms with E-state index >= 15 is 0 Å². The van der Waals surface area contributed by atoms with Gasteiger partial charge in [-0.1, -0.05) is 32.9 Å². The molecular formula is C17H26N2O. The van der Waals surface area contributed by atoms with E-state index in [1.807, 2.05) is 4.90 Å². The normalized spacial score (nSPS) is 17.1. The fraction of sp³-hybridized carbons (Fsp3) is 0.588. The molecule has 110 valence electrons. The Morgan fingerprint density at radius 3 is 2.45 bits per heavy atom. The average Bonchev–Trinajstić information content (AvgIpc) is 2.38. The van der Waals surface area contributed by atoms with Gasteiger partial charge in [0.25, 0.3) is 0 Å². The molecule has 1 N–H and O–H groups in total. The number of amides is 1. The van der Waals surface area contributed by atoms with Gasteiger partial charge < -0.3 is 10.2 Å². The number of hydrogen-bond acceptors (Lipinski definition) is 2. The van der Waals surface area contributed by atoms with Crippen LogP contribution in [0.3, 0.4) is 0 Å². The first-order valence-corrected chi connectivity index (χ1v) is 7.49. The molecule has 1 heterocycles. The molecule has 1 fully saturated rings. The summed E-state index contributed by atoms with van der Waals surface area (Å²) in [5.74, 6) is 0.193. The number of rotatable bonds is 2. The molecule has 1 aromatic carbocycles. The van der Waals surface area contributed by atoms with Gasteiger partial charge in [-0.25, -0.2) is 0 Å². The van der Waals surface area contributed by atoms with Crippen molar-refractivity contribution >= 4 is 11.6 Å². The largest absolute Gasteiger partial charge is 0.382 e. The van der Waals surface area contributed by atoms with E-state index in [0.717, 1.165) is 25.9 Å². The van der Waals surface area contributed by atoms with Crippen molar-refractivity contribution in [3.63, 3.8) is 0 Å². The van der Waals surface area contributed by atoms with Crippen LogP contribution in [0, 0.1) is 0 Å². The predicted molar refractivity (Wildman–Crippen MR) is 84.0 cm³/mol. The Balaban J connectivity index is 1.96. The molecule has 2 rings (SSSR count). The molecular weight excluding hydrogens is 248 g/mol. The Bertz CT molecular complexity index is 468. The highest BCUT2D eigenvalue weighted by Crippen LogP contribution is 2.25. The van der Waals surface area contributed by atoms with Crippen molar-refractivity contribution in [1.82, 2.24) is 4.90 Å². The highest BCUT2D eigenvalue weighted by molar-refractivity contribution is 5.73. The SMILES string of the molecule is CC(=O)N1CCC(Nc2cccc(C(C)(C)C)c2)CC1. The lowest BCUT2D eigenvalue weighted by Gasteiger charge is -2.32. The van der Waals surface area contributed by atoms with E-state index in [1.165, 1.54) is 11.3 Å². The second kappa shape index (κ2) is 5.86. The van der Waals surface area contributed by atoms with Crippen molar-refractivity contribution < 1.29 is 4.79 Å². The molecule has 1 aliphatic rings. The number of carbonyl (C=O) groups is 1. The number of nitrogens with zero attached hydrogens (tertiary/aromatic N) is 1. The second-order valence-corrected chi connectivity index (χ2v) is 6.76.